The van der Waals surface area contributed by atoms with Crippen LogP contribution in [0.3, 0.4) is 0 Å². The number of nitrogens with zero attached hydrogens (tertiary/aromatic N) is 5. The summed E-state index contributed by atoms with van der Waals surface area (Å²) in [7, 11) is 0. The fourth-order valence-electron chi connectivity index (χ4n) is 2.99. The highest BCUT2D eigenvalue weighted by Gasteiger charge is 2.15. The van der Waals surface area contributed by atoms with Crippen LogP contribution in [0.15, 0.2) is 60.2 Å². The van der Waals surface area contributed by atoms with E-state index >= 15 is 0 Å². The van der Waals surface area contributed by atoms with E-state index < -0.39 is 0 Å². The molecule has 1 aromatic carbocycles. The molecule has 12 heteroatoms. The maximum absolute atomic E-state index is 8.52. The minimum Gasteiger partial charge on any atom is -0.368 e. The lowest BCUT2D eigenvalue weighted by atomic mass is 10.1. The predicted molar refractivity (Wildman–Crippen MR) is 129 cm³/mol. The summed E-state index contributed by atoms with van der Waals surface area (Å²) in [4.78, 5) is 24.5. The Morgan fingerprint density at radius 1 is 1.00 bits per heavy atom. The van der Waals surface area contributed by atoms with Crippen LogP contribution in [-0.4, -0.2) is 49.6 Å². The summed E-state index contributed by atoms with van der Waals surface area (Å²) in [5.41, 5.74) is 5.39. The fraction of sp³-hybridized carbons (Fsp3) is 0.0952. The molecule has 0 bridgehead atoms. The van der Waals surface area contributed by atoms with Crippen molar-refractivity contribution in [3.05, 3.63) is 65.3 Å². The van der Waals surface area contributed by atoms with E-state index in [2.05, 4.69) is 35.6 Å². The molecule has 0 aliphatic carbocycles. The Hall–Kier alpha value is -3.73. The smallest absolute Gasteiger partial charge is 0.223 e. The number of halogens is 2. The highest BCUT2D eigenvalue weighted by atomic mass is 35.5. The summed E-state index contributed by atoms with van der Waals surface area (Å²) in [5, 5.41) is 16.0. The first-order chi connectivity index (χ1) is 16.1. The molecule has 0 aliphatic heterocycles. The Morgan fingerprint density at radius 2 is 1.88 bits per heavy atom. The molecule has 5 N–H and O–H groups in total. The molecule has 0 radical (unpaired) electrons. The quantitative estimate of drug-likeness (QED) is 0.102. The number of hydroxylamine groups is 1. The van der Waals surface area contributed by atoms with Crippen LogP contribution in [0, 0.1) is 0 Å². The standard InChI is InChI=1S/C21H19Cl2N9O/c22-13-1-3-15(17(23)7-13)20-16(18-10-24-11-30-18)9-28-21(32-20)26-6-5-25-19-4-2-14(8-27-19)29-12-31-33/h1-4,7-12,33H,5-6H2,(H,24,30)(H,25,27)(H,29,31)(H,26,28,32). The maximum Gasteiger partial charge on any atom is 0.223 e. The Labute approximate surface area is 199 Å². The number of aliphatic imine (C=N–C) groups is 1. The van der Waals surface area contributed by atoms with Gasteiger partial charge in [-0.3, -0.25) is 10.7 Å². The second kappa shape index (κ2) is 10.7. The van der Waals surface area contributed by atoms with E-state index in [0.717, 1.165) is 23.2 Å². The number of nitrogens with one attached hydrogen (secondary N) is 4. The average Bonchev–Trinajstić information content (AvgIpc) is 3.36. The van der Waals surface area contributed by atoms with Gasteiger partial charge in [0.05, 0.1) is 40.8 Å². The van der Waals surface area contributed by atoms with Crippen molar-refractivity contribution in [3.8, 4) is 22.5 Å². The van der Waals surface area contributed by atoms with E-state index in [1.54, 1.807) is 49.2 Å². The molecule has 33 heavy (non-hydrogen) atoms. The monoisotopic (exact) mass is 483 g/mol. The maximum atomic E-state index is 8.52. The van der Waals surface area contributed by atoms with E-state index in [1.165, 1.54) is 0 Å². The van der Waals surface area contributed by atoms with E-state index in [0.29, 0.717) is 46.3 Å². The van der Waals surface area contributed by atoms with Crippen molar-refractivity contribution in [3.63, 3.8) is 0 Å². The van der Waals surface area contributed by atoms with Gasteiger partial charge in [-0.25, -0.2) is 24.9 Å². The van der Waals surface area contributed by atoms with E-state index in [4.69, 9.17) is 33.4 Å². The third kappa shape index (κ3) is 5.75. The summed E-state index contributed by atoms with van der Waals surface area (Å²) >= 11 is 12.5. The lowest BCUT2D eigenvalue weighted by molar-refractivity contribution is 0.240. The van der Waals surface area contributed by atoms with E-state index in [1.807, 2.05) is 11.5 Å². The fourth-order valence-corrected chi connectivity index (χ4v) is 3.49. The topological polar surface area (TPSA) is 136 Å². The second-order valence-electron chi connectivity index (χ2n) is 6.69. The minimum atomic E-state index is 0.454. The van der Waals surface area contributed by atoms with Crippen LogP contribution in [0.25, 0.3) is 22.5 Å². The van der Waals surface area contributed by atoms with Crippen molar-refractivity contribution in [1.82, 2.24) is 30.4 Å². The van der Waals surface area contributed by atoms with Crippen LogP contribution < -0.4 is 16.1 Å². The number of hydrogen-bond acceptors (Lipinski definition) is 8. The van der Waals surface area contributed by atoms with Gasteiger partial charge in [0.25, 0.3) is 0 Å². The van der Waals surface area contributed by atoms with Gasteiger partial charge in [-0.05, 0) is 30.3 Å². The van der Waals surface area contributed by atoms with Crippen molar-refractivity contribution in [2.75, 3.05) is 23.7 Å². The third-order valence-corrected chi connectivity index (χ3v) is 5.04. The van der Waals surface area contributed by atoms with Gasteiger partial charge in [-0.2, -0.15) is 0 Å². The first-order valence-electron chi connectivity index (χ1n) is 9.81. The van der Waals surface area contributed by atoms with Crippen LogP contribution in [0.5, 0.6) is 0 Å². The molecule has 0 unspecified atom stereocenters. The van der Waals surface area contributed by atoms with Gasteiger partial charge in [-0.15, -0.1) is 0 Å². The zero-order valence-electron chi connectivity index (χ0n) is 17.1. The zero-order chi connectivity index (χ0) is 23.0. The summed E-state index contributed by atoms with van der Waals surface area (Å²) in [6.45, 7) is 1.13. The number of anilines is 2. The van der Waals surface area contributed by atoms with Crippen molar-refractivity contribution in [2.45, 2.75) is 0 Å². The molecule has 0 saturated heterocycles. The van der Waals surface area contributed by atoms with Crippen LogP contribution in [0.2, 0.25) is 10.0 Å². The van der Waals surface area contributed by atoms with Gasteiger partial charge in [-0.1, -0.05) is 23.2 Å². The summed E-state index contributed by atoms with van der Waals surface area (Å²) in [6, 6.07) is 8.84. The van der Waals surface area contributed by atoms with Crippen molar-refractivity contribution < 1.29 is 5.21 Å². The number of H-pyrrole nitrogens is 1. The molecule has 4 rings (SSSR count). The third-order valence-electron chi connectivity index (χ3n) is 4.50. The normalized spacial score (nSPS) is 11.0. The van der Waals surface area contributed by atoms with Crippen LogP contribution in [0.1, 0.15) is 0 Å². The molecule has 3 heterocycles. The molecule has 0 aliphatic rings. The first kappa shape index (κ1) is 22.5. The molecule has 10 nitrogen and oxygen atoms in total. The lowest BCUT2D eigenvalue weighted by Crippen LogP contribution is -2.16. The lowest BCUT2D eigenvalue weighted by Gasteiger charge is -2.12. The molecule has 4 aromatic rings. The average molecular weight is 484 g/mol. The van der Waals surface area contributed by atoms with Crippen molar-refractivity contribution >= 4 is 47.0 Å². The number of hydrogen-bond donors (Lipinski definition) is 5. The first-order valence-corrected chi connectivity index (χ1v) is 10.6. The molecule has 168 valence electrons. The number of aromatic amines is 1. The van der Waals surface area contributed by atoms with Gasteiger partial charge in [0.2, 0.25) is 5.95 Å². The Morgan fingerprint density at radius 3 is 2.61 bits per heavy atom. The second-order valence-corrected chi connectivity index (χ2v) is 7.53. The van der Waals surface area contributed by atoms with Crippen LogP contribution >= 0.6 is 23.2 Å². The Bertz CT molecular complexity index is 1230. The van der Waals surface area contributed by atoms with Crippen molar-refractivity contribution in [2.24, 2.45) is 4.99 Å². The van der Waals surface area contributed by atoms with Gasteiger partial charge in [0, 0.05) is 35.4 Å². The Balaban J connectivity index is 1.45. The van der Waals surface area contributed by atoms with Gasteiger partial charge < -0.3 is 15.6 Å². The summed E-state index contributed by atoms with van der Waals surface area (Å²) in [5.74, 6) is 1.15. The molecule has 0 amide bonds. The molecule has 3 aromatic heterocycles. The highest BCUT2D eigenvalue weighted by Crippen LogP contribution is 2.35. The SMILES string of the molecule is ONC=Nc1ccc(NCCNc2ncc(-c3cnc[nH]3)c(-c3ccc(Cl)cc3Cl)n2)nc1. The van der Waals surface area contributed by atoms with Crippen LogP contribution in [0.4, 0.5) is 17.5 Å². The number of pyridine rings is 1. The molecule has 0 spiro atoms. The van der Waals surface area contributed by atoms with Crippen LogP contribution in [-0.2, 0) is 0 Å². The molecular formula is C21H19Cl2N9O. The van der Waals surface area contributed by atoms with Gasteiger partial charge in [0.1, 0.15) is 12.2 Å². The molecule has 0 fully saturated rings. The Kier molecular flexibility index (Phi) is 7.30. The molecular weight excluding hydrogens is 465 g/mol. The largest absolute Gasteiger partial charge is 0.368 e. The summed E-state index contributed by atoms with van der Waals surface area (Å²) in [6.07, 6.45) is 7.77. The van der Waals surface area contributed by atoms with Gasteiger partial charge >= 0.3 is 0 Å². The zero-order valence-corrected chi connectivity index (χ0v) is 18.6. The molecule has 0 saturated carbocycles. The number of imidazole rings is 1. The highest BCUT2D eigenvalue weighted by molar-refractivity contribution is 6.36. The number of rotatable bonds is 9. The number of benzene rings is 1. The number of aromatic nitrogens is 5. The predicted octanol–water partition coefficient (Wildman–Crippen LogP) is 4.40. The minimum absolute atomic E-state index is 0.454. The molecule has 0 atom stereocenters. The summed E-state index contributed by atoms with van der Waals surface area (Å²) < 4.78 is 0. The van der Waals surface area contributed by atoms with E-state index in [-0.39, 0.29) is 0 Å². The van der Waals surface area contributed by atoms with Crippen molar-refractivity contribution in [1.29, 1.82) is 0 Å². The van der Waals surface area contributed by atoms with Gasteiger partial charge in [0.15, 0.2) is 0 Å². The van der Waals surface area contributed by atoms with E-state index in [9.17, 15) is 0 Å².